The molecule has 1 amide bonds. The molecule has 0 aliphatic heterocycles. The quantitative estimate of drug-likeness (QED) is 0.652. The minimum absolute atomic E-state index is 0.276. The van der Waals surface area contributed by atoms with Gasteiger partial charge in [-0.05, 0) is 42.8 Å². The van der Waals surface area contributed by atoms with Crippen LogP contribution in [-0.4, -0.2) is 25.6 Å². The second kappa shape index (κ2) is 8.53. The standard InChI is InChI=1S/C19H19NO4/c1-3-24-19(22)16-6-4-5-7-17(16)20-18(21)13-10-14-8-11-15(23-2)12-9-14/h4-13H,3H2,1-2H3,(H,20,21). The van der Waals surface area contributed by atoms with Crippen molar-refractivity contribution in [2.75, 3.05) is 19.0 Å². The van der Waals surface area contributed by atoms with Crippen LogP contribution in [0.15, 0.2) is 54.6 Å². The van der Waals surface area contributed by atoms with Gasteiger partial charge in [-0.25, -0.2) is 4.79 Å². The molecule has 0 unspecified atom stereocenters. The molecule has 0 heterocycles. The third-order valence-corrected chi connectivity index (χ3v) is 3.22. The zero-order chi connectivity index (χ0) is 17.4. The van der Waals surface area contributed by atoms with Gasteiger partial charge in [0.05, 0.1) is 25.0 Å². The van der Waals surface area contributed by atoms with Crippen LogP contribution in [0.3, 0.4) is 0 Å². The van der Waals surface area contributed by atoms with E-state index < -0.39 is 5.97 Å². The number of methoxy groups -OCH3 is 1. The molecule has 0 bridgehead atoms. The number of para-hydroxylation sites is 1. The molecule has 124 valence electrons. The van der Waals surface area contributed by atoms with Crippen LogP contribution >= 0.6 is 0 Å². The summed E-state index contributed by atoms with van der Waals surface area (Å²) in [6.07, 6.45) is 3.09. The summed E-state index contributed by atoms with van der Waals surface area (Å²) in [5.74, 6) is -0.0462. The average Bonchev–Trinajstić information content (AvgIpc) is 2.61. The molecular formula is C19H19NO4. The SMILES string of the molecule is CCOC(=O)c1ccccc1NC(=O)C=Cc1ccc(OC)cc1. The molecule has 2 aromatic rings. The summed E-state index contributed by atoms with van der Waals surface area (Å²) in [6, 6.07) is 14.0. The normalized spacial score (nSPS) is 10.4. The van der Waals surface area contributed by atoms with Crippen molar-refractivity contribution in [3.8, 4) is 5.75 Å². The molecule has 0 aliphatic carbocycles. The molecule has 0 aromatic heterocycles. The molecule has 1 N–H and O–H groups in total. The second-order valence-corrected chi connectivity index (χ2v) is 4.86. The summed E-state index contributed by atoms with van der Waals surface area (Å²) in [5.41, 5.74) is 1.61. The fourth-order valence-corrected chi connectivity index (χ4v) is 2.04. The molecule has 0 atom stereocenters. The summed E-state index contributed by atoms with van der Waals surface area (Å²) in [7, 11) is 1.60. The van der Waals surface area contributed by atoms with Crippen molar-refractivity contribution in [1.29, 1.82) is 0 Å². The smallest absolute Gasteiger partial charge is 0.340 e. The van der Waals surface area contributed by atoms with Gasteiger partial charge in [-0.1, -0.05) is 24.3 Å². The molecule has 0 saturated carbocycles. The summed E-state index contributed by atoms with van der Waals surface area (Å²) < 4.78 is 10.1. The zero-order valence-corrected chi connectivity index (χ0v) is 13.6. The largest absolute Gasteiger partial charge is 0.497 e. The summed E-state index contributed by atoms with van der Waals surface area (Å²) in [5, 5.41) is 2.69. The number of benzene rings is 2. The van der Waals surface area contributed by atoms with Crippen LogP contribution in [0.4, 0.5) is 5.69 Å². The second-order valence-electron chi connectivity index (χ2n) is 4.86. The number of amides is 1. The molecule has 0 fully saturated rings. The molecule has 0 spiro atoms. The first-order chi connectivity index (χ1) is 11.6. The van der Waals surface area contributed by atoms with E-state index in [9.17, 15) is 9.59 Å². The lowest BCUT2D eigenvalue weighted by Gasteiger charge is -2.08. The predicted molar refractivity (Wildman–Crippen MR) is 93.1 cm³/mol. The number of rotatable bonds is 6. The van der Waals surface area contributed by atoms with E-state index in [1.54, 1.807) is 44.4 Å². The Balaban J connectivity index is 2.06. The lowest BCUT2D eigenvalue weighted by atomic mass is 10.1. The molecule has 24 heavy (non-hydrogen) atoms. The molecule has 2 aromatic carbocycles. The van der Waals surface area contributed by atoms with Crippen molar-refractivity contribution < 1.29 is 19.1 Å². The summed E-state index contributed by atoms with van der Waals surface area (Å²) >= 11 is 0. The number of carbonyl (C=O) groups is 2. The Hall–Kier alpha value is -3.08. The van der Waals surface area contributed by atoms with E-state index in [0.29, 0.717) is 11.3 Å². The van der Waals surface area contributed by atoms with E-state index in [4.69, 9.17) is 9.47 Å². The maximum absolute atomic E-state index is 12.1. The van der Waals surface area contributed by atoms with Gasteiger partial charge >= 0.3 is 5.97 Å². The van der Waals surface area contributed by atoms with Crippen LogP contribution in [0.25, 0.3) is 6.08 Å². The monoisotopic (exact) mass is 325 g/mol. The predicted octanol–water partition coefficient (Wildman–Crippen LogP) is 3.52. The molecular weight excluding hydrogens is 306 g/mol. The summed E-state index contributed by atoms with van der Waals surface area (Å²) in [6.45, 7) is 2.01. The van der Waals surface area contributed by atoms with Gasteiger partial charge in [0.15, 0.2) is 0 Å². The van der Waals surface area contributed by atoms with Gasteiger partial charge in [-0.3, -0.25) is 4.79 Å². The van der Waals surface area contributed by atoms with Gasteiger partial charge in [0, 0.05) is 6.08 Å². The van der Waals surface area contributed by atoms with E-state index in [-0.39, 0.29) is 12.5 Å². The van der Waals surface area contributed by atoms with E-state index in [0.717, 1.165) is 11.3 Å². The van der Waals surface area contributed by atoms with Crippen LogP contribution in [0.1, 0.15) is 22.8 Å². The first-order valence-electron chi connectivity index (χ1n) is 7.53. The van der Waals surface area contributed by atoms with Crippen molar-refractivity contribution in [3.05, 3.63) is 65.7 Å². The number of ether oxygens (including phenoxy) is 2. The first-order valence-corrected chi connectivity index (χ1v) is 7.53. The van der Waals surface area contributed by atoms with Crippen LogP contribution in [0.2, 0.25) is 0 Å². The molecule has 5 heteroatoms. The molecule has 0 saturated heterocycles. The van der Waals surface area contributed by atoms with E-state index >= 15 is 0 Å². The Bertz CT molecular complexity index is 735. The number of anilines is 1. The van der Waals surface area contributed by atoms with E-state index in [2.05, 4.69) is 5.32 Å². The number of hydrogen-bond donors (Lipinski definition) is 1. The van der Waals surface area contributed by atoms with Gasteiger partial charge in [-0.15, -0.1) is 0 Å². The van der Waals surface area contributed by atoms with Gasteiger partial charge in [0.1, 0.15) is 5.75 Å². The van der Waals surface area contributed by atoms with Crippen molar-refractivity contribution in [1.82, 2.24) is 0 Å². The molecule has 0 aliphatic rings. The number of nitrogens with one attached hydrogen (secondary N) is 1. The first kappa shape index (κ1) is 17.3. The fourth-order valence-electron chi connectivity index (χ4n) is 2.04. The maximum atomic E-state index is 12.1. The van der Waals surface area contributed by atoms with Crippen molar-refractivity contribution >= 4 is 23.6 Å². The lowest BCUT2D eigenvalue weighted by Crippen LogP contribution is -2.13. The van der Waals surface area contributed by atoms with Crippen LogP contribution in [0.5, 0.6) is 5.75 Å². The highest BCUT2D eigenvalue weighted by molar-refractivity contribution is 6.06. The molecule has 0 radical (unpaired) electrons. The Kier molecular flexibility index (Phi) is 6.14. The highest BCUT2D eigenvalue weighted by Crippen LogP contribution is 2.17. The molecule has 5 nitrogen and oxygen atoms in total. The summed E-state index contributed by atoms with van der Waals surface area (Å²) in [4.78, 5) is 24.0. The Morgan fingerprint density at radius 2 is 1.79 bits per heavy atom. The van der Waals surface area contributed by atoms with E-state index in [1.165, 1.54) is 6.08 Å². The lowest BCUT2D eigenvalue weighted by molar-refractivity contribution is -0.111. The third kappa shape index (κ3) is 4.71. The minimum atomic E-state index is -0.465. The maximum Gasteiger partial charge on any atom is 0.340 e. The van der Waals surface area contributed by atoms with Crippen molar-refractivity contribution in [2.45, 2.75) is 6.92 Å². The topological polar surface area (TPSA) is 64.6 Å². The number of hydrogen-bond acceptors (Lipinski definition) is 4. The van der Waals surface area contributed by atoms with Crippen LogP contribution in [-0.2, 0) is 9.53 Å². The minimum Gasteiger partial charge on any atom is -0.497 e. The number of esters is 1. The van der Waals surface area contributed by atoms with Crippen molar-refractivity contribution in [3.63, 3.8) is 0 Å². The van der Waals surface area contributed by atoms with Crippen LogP contribution in [0, 0.1) is 0 Å². The van der Waals surface area contributed by atoms with Gasteiger partial charge in [-0.2, -0.15) is 0 Å². The Morgan fingerprint density at radius 1 is 1.08 bits per heavy atom. The third-order valence-electron chi connectivity index (χ3n) is 3.22. The Morgan fingerprint density at radius 3 is 2.46 bits per heavy atom. The number of carbonyl (C=O) groups excluding carboxylic acids is 2. The average molecular weight is 325 g/mol. The van der Waals surface area contributed by atoms with Gasteiger partial charge < -0.3 is 14.8 Å². The van der Waals surface area contributed by atoms with Crippen molar-refractivity contribution in [2.24, 2.45) is 0 Å². The zero-order valence-electron chi connectivity index (χ0n) is 13.6. The highest BCUT2D eigenvalue weighted by Gasteiger charge is 2.12. The van der Waals surface area contributed by atoms with Gasteiger partial charge in [0.2, 0.25) is 5.91 Å². The van der Waals surface area contributed by atoms with E-state index in [1.807, 2.05) is 24.3 Å². The van der Waals surface area contributed by atoms with Gasteiger partial charge in [0.25, 0.3) is 0 Å². The fraction of sp³-hybridized carbons (Fsp3) is 0.158. The Labute approximate surface area is 140 Å². The highest BCUT2D eigenvalue weighted by atomic mass is 16.5. The molecule has 2 rings (SSSR count). The van der Waals surface area contributed by atoms with Crippen LogP contribution < -0.4 is 10.1 Å².